The van der Waals surface area contributed by atoms with E-state index >= 15 is 0 Å². The number of rotatable bonds is 8. The standard InChI is InChI=1S/C38H25Br2ClN2O5S2/c1-20-6-7-25(16-21(20)2)30-19-50-36(43-34(45)23-10-14-27(40)15-11-23)32(30)38(47)48-37(46)31-29(24-4-3-5-28(41)17-24)18-49-35(31)42-33(44)22-8-12-26(39)13-9-22/h3-19H,1-2H3,(H,42,44)(H,43,45). The molecule has 0 atom stereocenters. The Morgan fingerprint density at radius 3 is 1.56 bits per heavy atom. The Bertz CT molecular complexity index is 2280. The van der Waals surface area contributed by atoms with Crippen LogP contribution >= 0.6 is 66.1 Å². The summed E-state index contributed by atoms with van der Waals surface area (Å²) in [4.78, 5) is 54.7. The Kier molecular flexibility index (Phi) is 10.8. The molecule has 0 unspecified atom stereocenters. The maximum absolute atomic E-state index is 14.1. The van der Waals surface area contributed by atoms with Gasteiger partial charge in [0.2, 0.25) is 0 Å². The second kappa shape index (κ2) is 15.2. The van der Waals surface area contributed by atoms with E-state index in [1.54, 1.807) is 83.6 Å². The van der Waals surface area contributed by atoms with Gasteiger partial charge >= 0.3 is 11.9 Å². The molecule has 0 fully saturated rings. The van der Waals surface area contributed by atoms with Crippen LogP contribution in [-0.4, -0.2) is 23.8 Å². The van der Waals surface area contributed by atoms with Gasteiger partial charge in [-0.3, -0.25) is 9.59 Å². The minimum Gasteiger partial charge on any atom is -0.386 e. The van der Waals surface area contributed by atoms with E-state index in [-0.39, 0.29) is 21.1 Å². The summed E-state index contributed by atoms with van der Waals surface area (Å²) in [6, 6.07) is 26.1. The molecule has 6 rings (SSSR count). The van der Waals surface area contributed by atoms with Crippen LogP contribution in [0.1, 0.15) is 52.6 Å². The van der Waals surface area contributed by atoms with Gasteiger partial charge < -0.3 is 15.4 Å². The van der Waals surface area contributed by atoms with Crippen molar-refractivity contribution in [2.24, 2.45) is 0 Å². The van der Waals surface area contributed by atoms with E-state index in [1.165, 1.54) is 0 Å². The zero-order valence-electron chi connectivity index (χ0n) is 26.3. The van der Waals surface area contributed by atoms with Gasteiger partial charge in [-0.25, -0.2) is 9.59 Å². The van der Waals surface area contributed by atoms with Crippen LogP contribution in [0.3, 0.4) is 0 Å². The molecule has 0 saturated carbocycles. The van der Waals surface area contributed by atoms with Gasteiger partial charge in [-0.05, 0) is 96.8 Å². The Hall–Kier alpha value is -4.39. The fourth-order valence-corrected chi connectivity index (χ4v) is 7.66. The lowest BCUT2D eigenvalue weighted by Gasteiger charge is -2.12. The number of ether oxygens (including phenoxy) is 1. The van der Waals surface area contributed by atoms with Crippen LogP contribution in [0.4, 0.5) is 10.0 Å². The molecular weight excluding hydrogens is 824 g/mol. The highest BCUT2D eigenvalue weighted by molar-refractivity contribution is 9.10. The number of hydrogen-bond acceptors (Lipinski definition) is 7. The minimum absolute atomic E-state index is 0.0144. The van der Waals surface area contributed by atoms with Crippen molar-refractivity contribution in [1.29, 1.82) is 0 Å². The van der Waals surface area contributed by atoms with Crippen molar-refractivity contribution >= 4 is 99.9 Å². The largest absolute Gasteiger partial charge is 0.386 e. The first-order valence-corrected chi connectivity index (χ1v) is 18.7. The third-order valence-corrected chi connectivity index (χ3v) is 10.9. The van der Waals surface area contributed by atoms with Crippen molar-refractivity contribution in [2.45, 2.75) is 13.8 Å². The number of hydrogen-bond donors (Lipinski definition) is 2. The Balaban J connectivity index is 1.38. The van der Waals surface area contributed by atoms with E-state index in [0.717, 1.165) is 42.7 Å². The van der Waals surface area contributed by atoms with E-state index in [4.69, 9.17) is 16.3 Å². The molecule has 4 aromatic carbocycles. The summed E-state index contributed by atoms with van der Waals surface area (Å²) in [7, 11) is 0. The van der Waals surface area contributed by atoms with Gasteiger partial charge in [-0.2, -0.15) is 0 Å². The Morgan fingerprint density at radius 2 is 1.10 bits per heavy atom. The molecule has 0 bridgehead atoms. The summed E-state index contributed by atoms with van der Waals surface area (Å²) in [6.07, 6.45) is 0. The Labute approximate surface area is 317 Å². The molecule has 2 N–H and O–H groups in total. The highest BCUT2D eigenvalue weighted by Gasteiger charge is 2.30. The van der Waals surface area contributed by atoms with E-state index in [1.807, 2.05) is 32.0 Å². The molecule has 0 aliphatic rings. The molecule has 7 nitrogen and oxygen atoms in total. The molecule has 0 aliphatic carbocycles. The van der Waals surface area contributed by atoms with Gasteiger partial charge in [-0.1, -0.05) is 73.8 Å². The molecular formula is C38H25Br2ClN2O5S2. The van der Waals surface area contributed by atoms with Gasteiger partial charge in [0.1, 0.15) is 21.1 Å². The first kappa shape index (κ1) is 35.4. The average Bonchev–Trinajstić information content (AvgIpc) is 3.71. The van der Waals surface area contributed by atoms with Gasteiger partial charge in [0, 0.05) is 47.0 Å². The highest BCUT2D eigenvalue weighted by atomic mass is 79.9. The van der Waals surface area contributed by atoms with Crippen LogP contribution in [0.15, 0.2) is 111 Å². The van der Waals surface area contributed by atoms with E-state index in [2.05, 4.69) is 42.5 Å². The summed E-state index contributed by atoms with van der Waals surface area (Å²) in [5.41, 5.74) is 5.03. The van der Waals surface area contributed by atoms with Gasteiger partial charge in [0.15, 0.2) is 0 Å². The number of esters is 2. The second-order valence-electron chi connectivity index (χ2n) is 11.1. The number of aryl methyl sites for hydroxylation is 2. The van der Waals surface area contributed by atoms with Crippen molar-refractivity contribution < 1.29 is 23.9 Å². The summed E-state index contributed by atoms with van der Waals surface area (Å²) < 4.78 is 7.23. The number of thiophene rings is 2. The second-order valence-corrected chi connectivity index (χ2v) is 15.1. The molecule has 2 heterocycles. The van der Waals surface area contributed by atoms with Crippen LogP contribution in [0, 0.1) is 13.8 Å². The van der Waals surface area contributed by atoms with Gasteiger partial charge in [0.05, 0.1) is 0 Å². The lowest BCUT2D eigenvalue weighted by Crippen LogP contribution is -2.19. The lowest BCUT2D eigenvalue weighted by molar-refractivity contribution is 0.0401. The zero-order valence-corrected chi connectivity index (χ0v) is 31.9. The number of anilines is 2. The van der Waals surface area contributed by atoms with Crippen molar-refractivity contribution in [3.8, 4) is 22.3 Å². The smallest absolute Gasteiger partial charge is 0.349 e. The molecule has 6 aromatic rings. The van der Waals surface area contributed by atoms with Crippen molar-refractivity contribution in [2.75, 3.05) is 10.6 Å². The monoisotopic (exact) mass is 846 g/mol. The lowest BCUT2D eigenvalue weighted by atomic mass is 9.99. The molecule has 2 aromatic heterocycles. The van der Waals surface area contributed by atoms with Crippen LogP contribution in [0.25, 0.3) is 22.3 Å². The predicted octanol–water partition coefficient (Wildman–Crippen LogP) is 11.4. The van der Waals surface area contributed by atoms with Crippen molar-refractivity contribution in [1.82, 2.24) is 0 Å². The van der Waals surface area contributed by atoms with Crippen molar-refractivity contribution in [3.63, 3.8) is 0 Å². The summed E-state index contributed by atoms with van der Waals surface area (Å²) in [5.74, 6) is -2.85. The summed E-state index contributed by atoms with van der Waals surface area (Å²) in [5, 5.41) is 9.92. The molecule has 0 radical (unpaired) electrons. The van der Waals surface area contributed by atoms with Crippen LogP contribution in [0.5, 0.6) is 0 Å². The maximum atomic E-state index is 14.1. The molecule has 0 aliphatic heterocycles. The van der Waals surface area contributed by atoms with Crippen LogP contribution in [-0.2, 0) is 4.74 Å². The van der Waals surface area contributed by atoms with E-state index < -0.39 is 23.8 Å². The van der Waals surface area contributed by atoms with E-state index in [0.29, 0.717) is 38.4 Å². The SMILES string of the molecule is Cc1ccc(-c2csc(NC(=O)c3ccc(Br)cc3)c2C(=O)OC(=O)c2c(-c3cccc(Cl)c3)csc2NC(=O)c2ccc(Br)cc2)cc1C. The third kappa shape index (κ3) is 7.82. The summed E-state index contributed by atoms with van der Waals surface area (Å²) >= 11 is 15.3. The third-order valence-electron chi connectivity index (χ3n) is 7.80. The van der Waals surface area contributed by atoms with Crippen LogP contribution in [0.2, 0.25) is 5.02 Å². The zero-order chi connectivity index (χ0) is 35.5. The number of halogens is 3. The summed E-state index contributed by atoms with van der Waals surface area (Å²) in [6.45, 7) is 3.94. The Morgan fingerprint density at radius 1 is 0.620 bits per heavy atom. The molecule has 2 amide bonds. The maximum Gasteiger partial charge on any atom is 0.349 e. The molecule has 50 heavy (non-hydrogen) atoms. The number of amides is 2. The molecule has 12 heteroatoms. The quantitative estimate of drug-likeness (QED) is 0.117. The fourth-order valence-electron chi connectivity index (χ4n) is 5.03. The fraction of sp³-hybridized carbons (Fsp3) is 0.0526. The molecule has 250 valence electrons. The van der Waals surface area contributed by atoms with Gasteiger partial charge in [-0.15, -0.1) is 22.7 Å². The number of carbonyl (C=O) groups excluding carboxylic acids is 4. The molecule has 0 saturated heterocycles. The number of nitrogens with one attached hydrogen (secondary N) is 2. The molecule has 0 spiro atoms. The van der Waals surface area contributed by atoms with E-state index in [9.17, 15) is 19.2 Å². The van der Waals surface area contributed by atoms with Gasteiger partial charge in [0.25, 0.3) is 11.8 Å². The first-order chi connectivity index (χ1) is 24.0. The normalized spacial score (nSPS) is 10.8. The average molecular weight is 849 g/mol. The number of benzene rings is 4. The van der Waals surface area contributed by atoms with Crippen LogP contribution < -0.4 is 10.6 Å². The topological polar surface area (TPSA) is 102 Å². The predicted molar refractivity (Wildman–Crippen MR) is 208 cm³/mol. The minimum atomic E-state index is -0.986. The number of carbonyl (C=O) groups is 4. The van der Waals surface area contributed by atoms with Crippen molar-refractivity contribution in [3.05, 3.63) is 149 Å². The first-order valence-electron chi connectivity index (χ1n) is 15.0. The highest BCUT2D eigenvalue weighted by Crippen LogP contribution is 2.40.